The molecule has 0 aliphatic heterocycles. The molecule has 0 aromatic carbocycles. The summed E-state index contributed by atoms with van der Waals surface area (Å²) in [5, 5.41) is 0. The molecule has 1 unspecified atom stereocenters. The van der Waals surface area contributed by atoms with Crippen molar-refractivity contribution in [2.45, 2.75) is 46.0 Å². The molecule has 0 amide bonds. The summed E-state index contributed by atoms with van der Waals surface area (Å²) < 4.78 is 2.97. The van der Waals surface area contributed by atoms with Crippen LogP contribution in [0.3, 0.4) is 0 Å². The zero-order valence-electron chi connectivity index (χ0n) is 9.83. The minimum Gasteiger partial charge on any atom is -0.139 e. The molecule has 15 heavy (non-hydrogen) atoms. The third-order valence-electron chi connectivity index (χ3n) is 2.91. The summed E-state index contributed by atoms with van der Waals surface area (Å²) in [4.78, 5) is 3.07. The third kappa shape index (κ3) is 2.11. The predicted octanol–water partition coefficient (Wildman–Crippen LogP) is 5.60. The van der Waals surface area contributed by atoms with Gasteiger partial charge in [0.25, 0.3) is 0 Å². The quantitative estimate of drug-likeness (QED) is 0.653. The van der Waals surface area contributed by atoms with Gasteiger partial charge in [0.1, 0.15) is 0 Å². The van der Waals surface area contributed by atoms with Crippen molar-refractivity contribution < 1.29 is 0 Å². The molecule has 0 N–H and O–H groups in total. The maximum absolute atomic E-state index is 2.39. The Labute approximate surface area is 99.9 Å². The van der Waals surface area contributed by atoms with Gasteiger partial charge in [-0.3, -0.25) is 0 Å². The van der Waals surface area contributed by atoms with E-state index in [1.54, 1.807) is 4.88 Å². The zero-order valence-corrected chi connectivity index (χ0v) is 11.5. The monoisotopic (exact) mass is 238 g/mol. The van der Waals surface area contributed by atoms with Crippen LogP contribution in [0.1, 0.15) is 55.7 Å². The first-order valence-electron chi connectivity index (χ1n) is 5.65. The SMILES string of the molecule is CCC(C)c1cc2sc(C(C)C)cc2s1. The van der Waals surface area contributed by atoms with Gasteiger partial charge in [-0.2, -0.15) is 0 Å². The van der Waals surface area contributed by atoms with E-state index in [1.165, 1.54) is 20.7 Å². The summed E-state index contributed by atoms with van der Waals surface area (Å²) >= 11 is 3.94. The topological polar surface area (TPSA) is 0 Å². The average molecular weight is 238 g/mol. The number of hydrogen-bond donors (Lipinski definition) is 0. The molecule has 2 heterocycles. The van der Waals surface area contributed by atoms with E-state index in [-0.39, 0.29) is 0 Å². The van der Waals surface area contributed by atoms with Crippen LogP contribution in [0.25, 0.3) is 9.40 Å². The zero-order chi connectivity index (χ0) is 11.0. The molecule has 0 saturated carbocycles. The van der Waals surface area contributed by atoms with Gasteiger partial charge in [0.05, 0.1) is 0 Å². The molecule has 0 bridgehead atoms. The normalized spacial score (nSPS) is 13.9. The molecule has 0 fully saturated rings. The van der Waals surface area contributed by atoms with Crippen molar-refractivity contribution in [2.75, 3.05) is 0 Å². The van der Waals surface area contributed by atoms with Crippen molar-refractivity contribution in [3.8, 4) is 0 Å². The third-order valence-corrected chi connectivity index (χ3v) is 5.74. The lowest BCUT2D eigenvalue weighted by Crippen LogP contribution is -1.84. The second-order valence-electron chi connectivity index (χ2n) is 4.49. The van der Waals surface area contributed by atoms with Crippen molar-refractivity contribution in [1.29, 1.82) is 0 Å². The molecule has 82 valence electrons. The molecule has 0 nitrogen and oxygen atoms in total. The highest BCUT2D eigenvalue weighted by Gasteiger charge is 2.11. The van der Waals surface area contributed by atoms with Crippen LogP contribution < -0.4 is 0 Å². The Morgan fingerprint density at radius 3 is 2.07 bits per heavy atom. The van der Waals surface area contributed by atoms with E-state index in [4.69, 9.17) is 0 Å². The molecule has 0 spiro atoms. The molecular weight excluding hydrogens is 220 g/mol. The van der Waals surface area contributed by atoms with Gasteiger partial charge < -0.3 is 0 Å². The van der Waals surface area contributed by atoms with Gasteiger partial charge in [-0.25, -0.2) is 0 Å². The van der Waals surface area contributed by atoms with Gasteiger partial charge in [0.15, 0.2) is 0 Å². The number of fused-ring (bicyclic) bond motifs is 1. The summed E-state index contributed by atoms with van der Waals surface area (Å²) in [7, 11) is 0. The van der Waals surface area contributed by atoms with Crippen LogP contribution in [-0.2, 0) is 0 Å². The first-order valence-corrected chi connectivity index (χ1v) is 7.28. The standard InChI is InChI=1S/C13H18S2/c1-5-9(4)11-7-13-12(15-11)6-10(14-13)8(2)3/h6-9H,5H2,1-4H3. The summed E-state index contributed by atoms with van der Waals surface area (Å²) in [5.74, 6) is 1.39. The van der Waals surface area contributed by atoms with E-state index < -0.39 is 0 Å². The predicted molar refractivity (Wildman–Crippen MR) is 72.5 cm³/mol. The summed E-state index contributed by atoms with van der Waals surface area (Å²) in [6.45, 7) is 9.12. The average Bonchev–Trinajstić information content (AvgIpc) is 2.72. The van der Waals surface area contributed by atoms with E-state index in [1.807, 2.05) is 22.7 Å². The summed E-state index contributed by atoms with van der Waals surface area (Å²) in [6, 6.07) is 4.77. The minimum absolute atomic E-state index is 0.668. The van der Waals surface area contributed by atoms with Crippen molar-refractivity contribution in [3.63, 3.8) is 0 Å². The van der Waals surface area contributed by atoms with Crippen LogP contribution in [0.5, 0.6) is 0 Å². The van der Waals surface area contributed by atoms with Crippen LogP contribution in [0.4, 0.5) is 0 Å². The van der Waals surface area contributed by atoms with Gasteiger partial charge in [-0.1, -0.05) is 27.7 Å². The van der Waals surface area contributed by atoms with E-state index in [0.717, 1.165) is 5.92 Å². The lowest BCUT2D eigenvalue weighted by Gasteiger charge is -2.03. The van der Waals surface area contributed by atoms with E-state index in [2.05, 4.69) is 39.8 Å². The van der Waals surface area contributed by atoms with Gasteiger partial charge in [-0.05, 0) is 30.4 Å². The summed E-state index contributed by atoms with van der Waals surface area (Å²) in [6.07, 6.45) is 1.24. The van der Waals surface area contributed by atoms with E-state index in [9.17, 15) is 0 Å². The fraction of sp³-hybridized carbons (Fsp3) is 0.538. The Morgan fingerprint density at radius 1 is 1.00 bits per heavy atom. The number of thiophene rings is 2. The van der Waals surface area contributed by atoms with Crippen LogP contribution in [0, 0.1) is 0 Å². The molecule has 2 heteroatoms. The van der Waals surface area contributed by atoms with Gasteiger partial charge >= 0.3 is 0 Å². The summed E-state index contributed by atoms with van der Waals surface area (Å²) in [5.41, 5.74) is 0. The van der Waals surface area contributed by atoms with Gasteiger partial charge in [0, 0.05) is 19.2 Å². The highest BCUT2D eigenvalue weighted by Crippen LogP contribution is 2.39. The van der Waals surface area contributed by atoms with Crippen LogP contribution in [0.15, 0.2) is 12.1 Å². The molecular formula is C13H18S2. The second-order valence-corrected chi connectivity index (χ2v) is 6.72. The van der Waals surface area contributed by atoms with Crippen LogP contribution in [0.2, 0.25) is 0 Å². The fourth-order valence-corrected chi connectivity index (χ4v) is 4.16. The van der Waals surface area contributed by atoms with Crippen molar-refractivity contribution >= 4 is 32.1 Å². The molecule has 1 atom stereocenters. The largest absolute Gasteiger partial charge is 0.139 e. The molecule has 0 saturated heterocycles. The van der Waals surface area contributed by atoms with Crippen molar-refractivity contribution in [1.82, 2.24) is 0 Å². The highest BCUT2D eigenvalue weighted by molar-refractivity contribution is 7.27. The van der Waals surface area contributed by atoms with Crippen LogP contribution in [-0.4, -0.2) is 0 Å². The maximum Gasteiger partial charge on any atom is 0.0456 e. The van der Waals surface area contributed by atoms with Gasteiger partial charge in [-0.15, -0.1) is 22.7 Å². The lowest BCUT2D eigenvalue weighted by atomic mass is 10.1. The fourth-order valence-electron chi connectivity index (χ4n) is 1.60. The lowest BCUT2D eigenvalue weighted by molar-refractivity contribution is 0.748. The van der Waals surface area contributed by atoms with Crippen molar-refractivity contribution in [3.05, 3.63) is 21.9 Å². The number of rotatable bonds is 3. The Hall–Kier alpha value is -0.340. The Morgan fingerprint density at radius 2 is 1.53 bits per heavy atom. The smallest absolute Gasteiger partial charge is 0.0456 e. The van der Waals surface area contributed by atoms with E-state index in [0.29, 0.717) is 5.92 Å². The molecule has 2 aromatic heterocycles. The van der Waals surface area contributed by atoms with Crippen molar-refractivity contribution in [2.24, 2.45) is 0 Å². The van der Waals surface area contributed by atoms with Crippen LogP contribution >= 0.6 is 22.7 Å². The molecule has 2 rings (SSSR count). The highest BCUT2D eigenvalue weighted by atomic mass is 32.1. The van der Waals surface area contributed by atoms with Gasteiger partial charge in [0.2, 0.25) is 0 Å². The Balaban J connectivity index is 2.38. The molecule has 2 aromatic rings. The second kappa shape index (κ2) is 4.26. The maximum atomic E-state index is 2.39. The number of hydrogen-bond acceptors (Lipinski definition) is 2. The molecule has 0 aliphatic rings. The minimum atomic E-state index is 0.668. The first kappa shape index (κ1) is 11.2. The molecule has 0 radical (unpaired) electrons. The first-order chi connectivity index (χ1) is 7.11. The van der Waals surface area contributed by atoms with E-state index >= 15 is 0 Å². The Bertz CT molecular complexity index is 416. The Kier molecular flexibility index (Phi) is 3.17. The molecule has 0 aliphatic carbocycles.